The molecule has 20 rings (SSSR count). The molecule has 0 spiro atoms. The number of nitrogens with zero attached hydrogens (tertiary/aromatic N) is 4. The summed E-state index contributed by atoms with van der Waals surface area (Å²) in [6, 6.07) is 32.9. The molecule has 15 aliphatic rings. The van der Waals surface area contributed by atoms with Gasteiger partial charge < -0.3 is 29.9 Å². The lowest BCUT2D eigenvalue weighted by Crippen LogP contribution is -2.70. The zero-order valence-electron chi connectivity index (χ0n) is 76.6. The average molecular weight is 1930 g/mol. The number of hydrogen-bond donors (Lipinski definition) is 4. The number of para-hydroxylation sites is 1. The second-order valence-corrected chi connectivity index (χ2v) is 44.1. The summed E-state index contributed by atoms with van der Waals surface area (Å²) in [5.74, 6) is -4.61. The van der Waals surface area contributed by atoms with Gasteiger partial charge in [-0.05, 0) is 282 Å². The minimum absolute atomic E-state index is 0.0488. The van der Waals surface area contributed by atoms with Crippen LogP contribution in [0.3, 0.4) is 0 Å². The number of terminal acetylenes is 2. The Labute approximate surface area is 796 Å². The Morgan fingerprint density at radius 1 is 0.493 bits per heavy atom. The summed E-state index contributed by atoms with van der Waals surface area (Å²) < 4.78 is 112. The maximum Gasteiger partial charge on any atom is 0.343 e. The highest BCUT2D eigenvalue weighted by Crippen LogP contribution is 2.78. The number of hydroxylamine groups is 3. The number of allylic oxidation sites excluding steroid dienone is 12. The molecule has 712 valence electrons. The van der Waals surface area contributed by atoms with Crippen molar-refractivity contribution in [2.24, 2.45) is 85.8 Å². The first kappa shape index (κ1) is 98.0. The van der Waals surface area contributed by atoms with Crippen molar-refractivity contribution in [2.45, 2.75) is 228 Å². The van der Waals surface area contributed by atoms with Crippen molar-refractivity contribution >= 4 is 110 Å². The number of pyridine rings is 1. The first-order valence-corrected chi connectivity index (χ1v) is 47.0. The molecule has 5 aromatic rings. The van der Waals surface area contributed by atoms with E-state index in [0.717, 1.165) is 11.6 Å². The third-order valence-corrected chi connectivity index (χ3v) is 34.4. The van der Waals surface area contributed by atoms with Gasteiger partial charge in [0.05, 0.1) is 65.4 Å². The number of ketones is 3. The zero-order chi connectivity index (χ0) is 97.4. The number of aromatic nitrogens is 1. The molecule has 4 aromatic carbocycles. The Morgan fingerprint density at radius 2 is 0.806 bits per heavy atom. The van der Waals surface area contributed by atoms with Crippen LogP contribution in [-0.4, -0.2) is 167 Å². The van der Waals surface area contributed by atoms with Crippen LogP contribution < -0.4 is 15.2 Å². The van der Waals surface area contributed by atoms with E-state index in [4.69, 9.17) is 83.2 Å². The molecule has 4 heterocycles. The number of carbonyl (C=O) groups excluding carboxylic acids is 5. The molecule has 29 heteroatoms. The first-order valence-electron chi connectivity index (χ1n) is 45.5. The number of rotatable bonds is 9. The number of hydrogen-bond acceptors (Lipinski definition) is 18. The average Bonchev–Trinajstić information content (AvgIpc) is 1.61. The lowest BCUT2D eigenvalue weighted by molar-refractivity contribution is -0.238. The van der Waals surface area contributed by atoms with E-state index in [2.05, 4.69) is 35.5 Å². The molecule has 19 nitrogen and oxygen atoms in total. The van der Waals surface area contributed by atoms with E-state index in [9.17, 15) is 49.2 Å². The van der Waals surface area contributed by atoms with E-state index in [-0.39, 0.29) is 68.3 Å². The van der Waals surface area contributed by atoms with Crippen molar-refractivity contribution in [3.63, 3.8) is 0 Å². The van der Waals surface area contributed by atoms with Gasteiger partial charge in [0.15, 0.2) is 40.0 Å². The van der Waals surface area contributed by atoms with Crippen molar-refractivity contribution in [3.8, 4) is 24.7 Å². The van der Waals surface area contributed by atoms with Crippen molar-refractivity contribution in [3.05, 3.63) is 215 Å². The molecule has 0 bridgehead atoms. The highest BCUT2D eigenvalue weighted by Gasteiger charge is 2.85. The minimum atomic E-state index is -2.26. The predicted molar refractivity (Wildman–Crippen MR) is 498 cm³/mol. The number of aliphatic hydroxyl groups is 3. The number of benzene rings is 4. The molecular weight excluding hydrogens is 1810 g/mol. The number of carboxylic acids is 1. The van der Waals surface area contributed by atoms with Crippen LogP contribution in [0.2, 0.25) is 15.1 Å². The van der Waals surface area contributed by atoms with Crippen LogP contribution in [0.25, 0.3) is 10.9 Å². The number of carbonyl (C=O) groups is 6. The van der Waals surface area contributed by atoms with Gasteiger partial charge in [-0.3, -0.25) is 49.1 Å². The summed E-state index contributed by atoms with van der Waals surface area (Å²) in [6.07, 6.45) is 15.9. The third-order valence-electron chi connectivity index (χ3n) is 33.5. The normalized spacial score (nSPS) is 40.1. The van der Waals surface area contributed by atoms with Crippen LogP contribution in [0.5, 0.6) is 0 Å². The lowest BCUT2D eigenvalue weighted by atomic mass is 9.44. The van der Waals surface area contributed by atoms with Crippen LogP contribution in [0.15, 0.2) is 199 Å². The number of ether oxygens (including phenoxy) is 2. The van der Waals surface area contributed by atoms with Crippen molar-refractivity contribution in [2.75, 3.05) is 34.8 Å². The monoisotopic (exact) mass is 1920 g/mol. The van der Waals surface area contributed by atoms with E-state index >= 15 is 26.3 Å². The molecule has 12 fully saturated rings. The molecular formula is C105H112Cl4F6N4O15. The van der Waals surface area contributed by atoms with Gasteiger partial charge in [-0.25, -0.2) is 40.7 Å². The van der Waals surface area contributed by atoms with Gasteiger partial charge in [-0.15, -0.1) is 24.4 Å². The number of fused-ring (bicyclic) bond motifs is 22. The molecule has 0 amide bonds. The molecule has 12 aliphatic carbocycles. The lowest BCUT2D eigenvalue weighted by Gasteiger charge is -2.63. The van der Waals surface area contributed by atoms with E-state index < -0.39 is 208 Å². The number of anilines is 3. The van der Waals surface area contributed by atoms with Crippen LogP contribution in [0.1, 0.15) is 141 Å². The summed E-state index contributed by atoms with van der Waals surface area (Å²) in [5.41, 5.74) is -18.6. The molecule has 9 saturated carbocycles. The van der Waals surface area contributed by atoms with Gasteiger partial charge >= 0.3 is 17.9 Å². The molecule has 27 atom stereocenters. The van der Waals surface area contributed by atoms with Crippen LogP contribution in [0, 0.1) is 110 Å². The summed E-state index contributed by atoms with van der Waals surface area (Å²) in [7, 11) is 0. The van der Waals surface area contributed by atoms with Crippen LogP contribution >= 0.6 is 46.4 Å². The van der Waals surface area contributed by atoms with Crippen LogP contribution in [0.4, 0.5) is 43.4 Å². The molecule has 0 radical (unpaired) electrons. The molecule has 0 unspecified atom stereocenters. The van der Waals surface area contributed by atoms with Crippen molar-refractivity contribution in [1.82, 2.24) is 4.98 Å². The second-order valence-electron chi connectivity index (χ2n) is 41.8. The van der Waals surface area contributed by atoms with E-state index in [1.165, 1.54) is 72.1 Å². The summed E-state index contributed by atoms with van der Waals surface area (Å²) in [5, 5.41) is 53.1. The van der Waals surface area contributed by atoms with Crippen molar-refractivity contribution < 1.29 is 99.5 Å². The van der Waals surface area contributed by atoms with Crippen molar-refractivity contribution in [1.29, 1.82) is 0 Å². The maximum atomic E-state index is 17.6. The SMILES string of the molecule is C#CC(C)(C)Cl.C#CC(C)(C)OC(=O)[C@@]12ON(c3ccc(Cl)cc3)C[C@@H]1C[C@H]1[C@@H]3C[C@H](F)C4=CC(=O)C=C[C@]4(C)[C@@]3(F)[C@@H](O)C[C@@]12C.C=CC(C)(C)OC(=O)[C@@]12ON(c3ccc(Cl)cc3)C[C@@H]1C[C@H]1[C@@H]3C[C@H](F)C4=CC(=O)C=C[C@]4(C)[C@@]3(F)[C@@H](O)C[C@@]12C.C[C@]12C=CC(=O)C=C1[C@@H](F)C[C@H]1[C@@H]3C[C@H]4CN(c5ccc(Cl)cc5)O[C@@]4(C(=O)O)[C@@]3(C)C[C@H](O)[C@@]12F.c1ccc2ncccc2c1. The van der Waals surface area contributed by atoms with Gasteiger partial charge in [-0.2, -0.15) is 0 Å². The smallest absolute Gasteiger partial charge is 0.343 e. The zero-order valence-corrected chi connectivity index (χ0v) is 79.6. The summed E-state index contributed by atoms with van der Waals surface area (Å²) in [6.45, 7) is 24.9. The first-order chi connectivity index (χ1) is 62.7. The Hall–Kier alpha value is -9.09. The Kier molecular flexibility index (Phi) is 24.8. The second kappa shape index (κ2) is 33.9. The Balaban J connectivity index is 0.000000135. The number of esters is 2. The largest absolute Gasteiger partial charge is 0.479 e. The van der Waals surface area contributed by atoms with Gasteiger partial charge in [-0.1, -0.05) is 116 Å². The van der Waals surface area contributed by atoms with Gasteiger partial charge in [0.1, 0.15) is 24.1 Å². The quantitative estimate of drug-likeness (QED) is 0.0352. The fourth-order valence-electron chi connectivity index (χ4n) is 26.8. The van der Waals surface area contributed by atoms with E-state index in [0.29, 0.717) is 57.9 Å². The van der Waals surface area contributed by atoms with Crippen LogP contribution in [-0.2, 0) is 52.8 Å². The predicted octanol–water partition coefficient (Wildman–Crippen LogP) is 19.5. The minimum Gasteiger partial charge on any atom is -0.479 e. The summed E-state index contributed by atoms with van der Waals surface area (Å²) >= 11 is 23.7. The molecule has 134 heavy (non-hydrogen) atoms. The van der Waals surface area contributed by atoms with E-state index in [1.54, 1.807) is 145 Å². The highest BCUT2D eigenvalue weighted by molar-refractivity contribution is 6.31. The molecule has 3 aliphatic heterocycles. The molecule has 3 saturated heterocycles. The van der Waals surface area contributed by atoms with Gasteiger partial charge in [0.2, 0.25) is 16.8 Å². The van der Waals surface area contributed by atoms with Gasteiger partial charge in [0, 0.05) is 94.6 Å². The number of aliphatic hydroxyl groups excluding tert-OH is 3. The molecule has 1 aromatic heterocycles. The van der Waals surface area contributed by atoms with Gasteiger partial charge in [0.25, 0.3) is 0 Å². The standard InChI is InChI=1S/C32H36ClF2NO5.C32H34ClF2NO5.C27H28ClF2NO5.C9H7N.C5H7Cl/c2*1-6-28(2,3)40-27(39)32-18(17-36(41-32)20-9-7-19(33)8-10-20)13-22-23-15-25(34)24-14-21(37)11-12-29(24,4)31(23,35)26(38)16-30(22,32)5;1-24-8-7-17(32)10-20(24)21(29)11-19-18-9-14-13-31(16-5-3-15(28)4-6-16)36-27(14,23(34)35)25(18,2)12-22(33)26(19,24)30;1-2-6-9-8(4-1)5-3-7-10-9;1-4-5(2,3)6/h6-12,14,18,22-23,25-26,38H,1,13,15-17H2,2-5H3;1,7-12,14,18,22-23,25-26,38H,13,15-17H2,2-5H3;3-8,10,14,18-19,21-22,33H,9,11-13H2,1-2H3,(H,34,35);1-7H;1H,2-3H3/t2*18-,22-,23-,25-,26-,29-,30-,31-,32-;14-,18-,19-,21-,22-,24-,25-,26-,27-;;/m000../s1. The van der Waals surface area contributed by atoms with E-state index in [1.807, 2.05) is 44.3 Å². The third kappa shape index (κ3) is 14.8. The maximum absolute atomic E-state index is 17.6. The Morgan fingerprint density at radius 3 is 1.13 bits per heavy atom. The number of aliphatic carboxylic acids is 1. The fourth-order valence-corrected chi connectivity index (χ4v) is 27.2. The topological polar surface area (TPSA) is 252 Å². The fraction of sp³-hybridized carbons (Fsp3) is 0.514. The molecule has 4 N–H and O–H groups in total. The Bertz CT molecular complexity index is 5820. The summed E-state index contributed by atoms with van der Waals surface area (Å²) in [4.78, 5) is 101. The number of halogens is 10. The number of alkyl halides is 7. The number of carboxylic acid groups (broad SMARTS) is 1. The highest BCUT2D eigenvalue weighted by atomic mass is 35.5.